The van der Waals surface area contributed by atoms with E-state index in [-0.39, 0.29) is 17.4 Å². The lowest BCUT2D eigenvalue weighted by atomic mass is 9.87. The quantitative estimate of drug-likeness (QED) is 0.718. The van der Waals surface area contributed by atoms with Crippen LogP contribution in [0.4, 0.5) is 0 Å². The molecule has 0 radical (unpaired) electrons. The first kappa shape index (κ1) is 21.0. The molecule has 2 rings (SSSR count). The Morgan fingerprint density at radius 2 is 1.70 bits per heavy atom. The van der Waals surface area contributed by atoms with E-state index in [1.165, 1.54) is 16.7 Å². The van der Waals surface area contributed by atoms with Gasteiger partial charge in [0.05, 0.1) is 6.04 Å². The van der Waals surface area contributed by atoms with Gasteiger partial charge < -0.3 is 10.1 Å². The maximum Gasteiger partial charge on any atom is 0.261 e. The molecule has 3 heteroatoms. The fourth-order valence-electron chi connectivity index (χ4n) is 3.22. The van der Waals surface area contributed by atoms with Crippen molar-refractivity contribution in [3.8, 4) is 5.75 Å². The Morgan fingerprint density at radius 3 is 2.22 bits per heavy atom. The van der Waals surface area contributed by atoms with E-state index in [0.717, 1.165) is 11.3 Å². The maximum absolute atomic E-state index is 12.7. The highest BCUT2D eigenvalue weighted by Crippen LogP contribution is 2.25. The van der Waals surface area contributed by atoms with Crippen LogP contribution in [0.15, 0.2) is 42.5 Å². The molecule has 1 N–H and O–H groups in total. The van der Waals surface area contributed by atoms with Crippen molar-refractivity contribution in [2.45, 2.75) is 72.4 Å². The summed E-state index contributed by atoms with van der Waals surface area (Å²) >= 11 is 0. The number of hydrogen-bond acceptors (Lipinski definition) is 2. The first-order chi connectivity index (χ1) is 12.6. The van der Waals surface area contributed by atoms with Crippen molar-refractivity contribution in [3.63, 3.8) is 0 Å². The molecule has 0 spiro atoms. The summed E-state index contributed by atoms with van der Waals surface area (Å²) < 4.78 is 5.97. The number of carbonyl (C=O) groups excluding carboxylic acids is 1. The number of hydrogen-bond donors (Lipinski definition) is 1. The lowest BCUT2D eigenvalue weighted by Gasteiger charge is -2.23. The molecule has 0 fully saturated rings. The molecule has 0 heterocycles. The second-order valence-corrected chi connectivity index (χ2v) is 8.38. The van der Waals surface area contributed by atoms with Crippen molar-refractivity contribution in [2.75, 3.05) is 0 Å². The third kappa shape index (κ3) is 5.59. The Balaban J connectivity index is 2.05. The molecular weight excluding hydrogens is 334 g/mol. The van der Waals surface area contributed by atoms with Gasteiger partial charge >= 0.3 is 0 Å². The molecule has 1 amide bonds. The highest BCUT2D eigenvalue weighted by Gasteiger charge is 2.22. The van der Waals surface area contributed by atoms with E-state index >= 15 is 0 Å². The van der Waals surface area contributed by atoms with Gasteiger partial charge in [-0.1, -0.05) is 63.6 Å². The van der Waals surface area contributed by atoms with Gasteiger partial charge in [-0.15, -0.1) is 0 Å². The zero-order chi connectivity index (χ0) is 20.2. The van der Waals surface area contributed by atoms with Gasteiger partial charge in [0.25, 0.3) is 5.91 Å². The van der Waals surface area contributed by atoms with Crippen LogP contribution in [0.1, 0.15) is 69.3 Å². The van der Waals surface area contributed by atoms with Gasteiger partial charge in [0.15, 0.2) is 6.10 Å². The first-order valence-electron chi connectivity index (χ1n) is 9.76. The molecule has 0 saturated heterocycles. The zero-order valence-electron chi connectivity index (χ0n) is 17.7. The van der Waals surface area contributed by atoms with E-state index in [4.69, 9.17) is 4.74 Å². The summed E-state index contributed by atoms with van der Waals surface area (Å²) in [4.78, 5) is 12.7. The molecule has 0 unspecified atom stereocenters. The SMILES string of the molecule is CC[C@@H](Oc1ccc(C(C)(C)C)cc1)C(=O)N[C@@H](C)c1ccc(C)cc1C. The fraction of sp³-hybridized carbons (Fsp3) is 0.458. The van der Waals surface area contributed by atoms with E-state index in [0.29, 0.717) is 6.42 Å². The molecule has 2 aromatic rings. The predicted octanol–water partition coefficient (Wildman–Crippen LogP) is 5.64. The van der Waals surface area contributed by atoms with Crippen molar-refractivity contribution < 1.29 is 9.53 Å². The lowest BCUT2D eigenvalue weighted by molar-refractivity contribution is -0.128. The minimum absolute atomic E-state index is 0.0565. The zero-order valence-corrected chi connectivity index (χ0v) is 17.7. The van der Waals surface area contributed by atoms with Crippen molar-refractivity contribution in [2.24, 2.45) is 0 Å². The fourth-order valence-corrected chi connectivity index (χ4v) is 3.22. The summed E-state index contributed by atoms with van der Waals surface area (Å²) in [7, 11) is 0. The van der Waals surface area contributed by atoms with Crippen LogP contribution in [-0.2, 0) is 10.2 Å². The van der Waals surface area contributed by atoms with Crippen LogP contribution in [-0.4, -0.2) is 12.0 Å². The predicted molar refractivity (Wildman–Crippen MR) is 112 cm³/mol. The molecule has 0 aliphatic rings. The van der Waals surface area contributed by atoms with Crippen molar-refractivity contribution in [1.82, 2.24) is 5.32 Å². The second kappa shape index (κ2) is 8.60. The second-order valence-electron chi connectivity index (χ2n) is 8.38. The number of ether oxygens (including phenoxy) is 1. The van der Waals surface area contributed by atoms with Crippen molar-refractivity contribution in [1.29, 1.82) is 0 Å². The van der Waals surface area contributed by atoms with Gasteiger partial charge in [-0.3, -0.25) is 4.79 Å². The summed E-state index contributed by atoms with van der Waals surface area (Å²) in [6.45, 7) is 14.7. The van der Waals surface area contributed by atoms with Gasteiger partial charge in [0.2, 0.25) is 0 Å². The van der Waals surface area contributed by atoms with E-state index in [9.17, 15) is 4.79 Å². The standard InChI is InChI=1S/C24H33NO2/c1-8-22(27-20-12-10-19(11-13-20)24(5,6)7)23(26)25-18(4)21-14-9-16(2)15-17(21)3/h9-15,18,22H,8H2,1-7H3,(H,25,26)/t18-,22+/m0/s1. The number of benzene rings is 2. The average Bonchev–Trinajstić information content (AvgIpc) is 2.59. The van der Waals surface area contributed by atoms with Crippen LogP contribution in [0.3, 0.4) is 0 Å². The lowest BCUT2D eigenvalue weighted by Crippen LogP contribution is -2.39. The third-order valence-corrected chi connectivity index (χ3v) is 4.91. The summed E-state index contributed by atoms with van der Waals surface area (Å²) in [5.74, 6) is 0.647. The van der Waals surface area contributed by atoms with Crippen LogP contribution in [0.2, 0.25) is 0 Å². The van der Waals surface area contributed by atoms with Crippen LogP contribution >= 0.6 is 0 Å². The molecule has 0 aliphatic heterocycles. The molecule has 27 heavy (non-hydrogen) atoms. The Kier molecular flexibility index (Phi) is 6.69. The van der Waals surface area contributed by atoms with Crippen molar-refractivity contribution in [3.05, 3.63) is 64.7 Å². The normalized spacial score (nSPS) is 13.7. The van der Waals surface area contributed by atoms with Gasteiger partial charge in [-0.05, 0) is 61.4 Å². The van der Waals surface area contributed by atoms with E-state index in [1.807, 2.05) is 26.0 Å². The Labute approximate surface area is 164 Å². The van der Waals surface area contributed by atoms with Gasteiger partial charge in [-0.25, -0.2) is 0 Å². The Bertz CT molecular complexity index is 772. The monoisotopic (exact) mass is 367 g/mol. The molecule has 2 aromatic carbocycles. The molecule has 2 atom stereocenters. The molecule has 0 aromatic heterocycles. The number of nitrogens with one attached hydrogen (secondary N) is 1. The number of amides is 1. The highest BCUT2D eigenvalue weighted by molar-refractivity contribution is 5.81. The third-order valence-electron chi connectivity index (χ3n) is 4.91. The topological polar surface area (TPSA) is 38.3 Å². The van der Waals surface area contributed by atoms with Gasteiger partial charge in [0.1, 0.15) is 5.75 Å². The molecule has 146 valence electrons. The van der Waals surface area contributed by atoms with Crippen molar-refractivity contribution >= 4 is 5.91 Å². The Hall–Kier alpha value is -2.29. The number of carbonyl (C=O) groups is 1. The molecule has 0 aliphatic carbocycles. The van der Waals surface area contributed by atoms with Gasteiger partial charge in [0, 0.05) is 0 Å². The minimum atomic E-state index is -0.501. The van der Waals surface area contributed by atoms with E-state index in [2.05, 4.69) is 70.3 Å². The summed E-state index contributed by atoms with van der Waals surface area (Å²) in [5.41, 5.74) is 4.90. The van der Waals surface area contributed by atoms with Crippen LogP contribution in [0, 0.1) is 13.8 Å². The van der Waals surface area contributed by atoms with Gasteiger partial charge in [-0.2, -0.15) is 0 Å². The summed E-state index contributed by atoms with van der Waals surface area (Å²) in [5, 5.41) is 3.10. The minimum Gasteiger partial charge on any atom is -0.481 e. The highest BCUT2D eigenvalue weighted by atomic mass is 16.5. The van der Waals surface area contributed by atoms with Crippen LogP contribution < -0.4 is 10.1 Å². The average molecular weight is 368 g/mol. The smallest absolute Gasteiger partial charge is 0.261 e. The number of rotatable bonds is 6. The summed E-state index contributed by atoms with van der Waals surface area (Å²) in [6, 6.07) is 14.3. The van der Waals surface area contributed by atoms with Crippen LogP contribution in [0.25, 0.3) is 0 Å². The Morgan fingerprint density at radius 1 is 1.07 bits per heavy atom. The van der Waals surface area contributed by atoms with Crippen LogP contribution in [0.5, 0.6) is 5.75 Å². The number of aryl methyl sites for hydroxylation is 2. The van der Waals surface area contributed by atoms with E-state index in [1.54, 1.807) is 0 Å². The van der Waals surface area contributed by atoms with E-state index < -0.39 is 6.10 Å². The maximum atomic E-state index is 12.7. The molecule has 0 saturated carbocycles. The molecule has 3 nitrogen and oxygen atoms in total. The summed E-state index contributed by atoms with van der Waals surface area (Å²) in [6.07, 6.45) is 0.116. The molecule has 0 bridgehead atoms. The largest absolute Gasteiger partial charge is 0.481 e. The molecular formula is C24H33NO2. The first-order valence-corrected chi connectivity index (χ1v) is 9.76.